The lowest BCUT2D eigenvalue weighted by molar-refractivity contribution is 0.378. The number of hydrogen-bond donors (Lipinski definition) is 1. The van der Waals surface area contributed by atoms with Crippen LogP contribution in [-0.2, 0) is 0 Å². The number of halogens is 1. The van der Waals surface area contributed by atoms with Crippen LogP contribution in [0.5, 0.6) is 6.01 Å². The number of anilines is 1. The second-order valence-corrected chi connectivity index (χ2v) is 4.35. The molecule has 96 valence electrons. The first kappa shape index (κ1) is 12.8. The Morgan fingerprint density at radius 1 is 1.39 bits per heavy atom. The topological polar surface area (TPSA) is 73.1 Å². The molecule has 2 rings (SSSR count). The number of methoxy groups -OCH3 is 1. The molecule has 0 aliphatic heterocycles. The molecule has 0 saturated carbocycles. The summed E-state index contributed by atoms with van der Waals surface area (Å²) in [6.07, 6.45) is 2.54. The third-order valence-corrected chi connectivity index (χ3v) is 2.78. The zero-order chi connectivity index (χ0) is 13.0. The van der Waals surface area contributed by atoms with Gasteiger partial charge in [-0.2, -0.15) is 15.0 Å². The molecule has 2 aromatic heterocycles. The van der Waals surface area contributed by atoms with E-state index in [9.17, 15) is 0 Å². The second-order valence-electron chi connectivity index (χ2n) is 3.49. The van der Waals surface area contributed by atoms with Crippen LogP contribution in [0.4, 0.5) is 5.95 Å². The summed E-state index contributed by atoms with van der Waals surface area (Å²) in [6.45, 7) is 2.85. The van der Waals surface area contributed by atoms with Gasteiger partial charge in [-0.15, -0.1) is 0 Å². The van der Waals surface area contributed by atoms with E-state index in [0.29, 0.717) is 17.5 Å². The van der Waals surface area contributed by atoms with E-state index in [1.54, 1.807) is 12.3 Å². The molecule has 0 bridgehead atoms. The third-order valence-electron chi connectivity index (χ3n) is 2.15. The van der Waals surface area contributed by atoms with Gasteiger partial charge in [0, 0.05) is 6.54 Å². The van der Waals surface area contributed by atoms with Crippen LogP contribution < -0.4 is 10.1 Å². The number of rotatable bonds is 5. The van der Waals surface area contributed by atoms with E-state index in [1.165, 1.54) is 7.11 Å². The SMILES string of the molecule is CCCNc1nc(OC)nc(-c2occc2Br)n1. The molecule has 0 spiro atoms. The normalized spacial score (nSPS) is 10.4. The average Bonchev–Trinajstić information content (AvgIpc) is 2.82. The minimum atomic E-state index is 0.252. The van der Waals surface area contributed by atoms with Crippen molar-refractivity contribution < 1.29 is 9.15 Å². The van der Waals surface area contributed by atoms with E-state index in [0.717, 1.165) is 17.4 Å². The smallest absolute Gasteiger partial charge is 0.321 e. The van der Waals surface area contributed by atoms with E-state index < -0.39 is 0 Å². The number of nitrogens with zero attached hydrogens (tertiary/aromatic N) is 3. The van der Waals surface area contributed by atoms with Gasteiger partial charge in [0.1, 0.15) is 0 Å². The number of ether oxygens (including phenoxy) is 1. The molecular weight excluding hydrogens is 300 g/mol. The molecule has 0 aromatic carbocycles. The number of furan rings is 1. The van der Waals surface area contributed by atoms with Crippen molar-refractivity contribution in [2.45, 2.75) is 13.3 Å². The Balaban J connectivity index is 2.38. The predicted octanol–water partition coefficient (Wildman–Crippen LogP) is 2.72. The Morgan fingerprint density at radius 2 is 2.22 bits per heavy atom. The van der Waals surface area contributed by atoms with Gasteiger partial charge in [0.25, 0.3) is 0 Å². The minimum Gasteiger partial charge on any atom is -0.467 e. The van der Waals surface area contributed by atoms with Crippen molar-refractivity contribution in [1.29, 1.82) is 0 Å². The highest BCUT2D eigenvalue weighted by Gasteiger charge is 2.14. The molecule has 7 heteroatoms. The number of hydrogen-bond acceptors (Lipinski definition) is 6. The van der Waals surface area contributed by atoms with Crippen molar-refractivity contribution in [3.8, 4) is 17.6 Å². The Hall–Kier alpha value is -1.63. The molecule has 0 radical (unpaired) electrons. The largest absolute Gasteiger partial charge is 0.467 e. The first-order valence-corrected chi connectivity index (χ1v) is 6.31. The van der Waals surface area contributed by atoms with Crippen LogP contribution in [0.25, 0.3) is 11.6 Å². The summed E-state index contributed by atoms with van der Waals surface area (Å²) in [5.74, 6) is 1.45. The Kier molecular flexibility index (Phi) is 4.14. The second kappa shape index (κ2) is 5.81. The third kappa shape index (κ3) is 2.79. The molecule has 0 saturated heterocycles. The van der Waals surface area contributed by atoms with Gasteiger partial charge in [0.05, 0.1) is 17.8 Å². The van der Waals surface area contributed by atoms with E-state index in [2.05, 4.69) is 43.1 Å². The lowest BCUT2D eigenvalue weighted by Gasteiger charge is -2.06. The van der Waals surface area contributed by atoms with Crippen molar-refractivity contribution in [3.63, 3.8) is 0 Å². The Labute approximate surface area is 113 Å². The van der Waals surface area contributed by atoms with Crippen LogP contribution in [0.15, 0.2) is 21.2 Å². The van der Waals surface area contributed by atoms with E-state index in [1.807, 2.05) is 0 Å². The fourth-order valence-corrected chi connectivity index (χ4v) is 1.70. The van der Waals surface area contributed by atoms with Crippen LogP contribution in [-0.4, -0.2) is 28.6 Å². The lowest BCUT2D eigenvalue weighted by atomic mass is 10.4. The van der Waals surface area contributed by atoms with E-state index in [4.69, 9.17) is 9.15 Å². The molecule has 0 unspecified atom stereocenters. The summed E-state index contributed by atoms with van der Waals surface area (Å²) in [6, 6.07) is 2.03. The molecular formula is C11H13BrN4O2. The van der Waals surface area contributed by atoms with Gasteiger partial charge >= 0.3 is 6.01 Å². The molecule has 0 aliphatic carbocycles. The first-order valence-electron chi connectivity index (χ1n) is 5.52. The van der Waals surface area contributed by atoms with Gasteiger partial charge < -0.3 is 14.5 Å². The number of aromatic nitrogens is 3. The molecule has 0 amide bonds. The summed E-state index contributed by atoms with van der Waals surface area (Å²) >= 11 is 3.37. The maximum absolute atomic E-state index is 5.33. The highest BCUT2D eigenvalue weighted by atomic mass is 79.9. The first-order chi connectivity index (χ1) is 8.74. The highest BCUT2D eigenvalue weighted by molar-refractivity contribution is 9.10. The average molecular weight is 313 g/mol. The van der Waals surface area contributed by atoms with Gasteiger partial charge in [0.2, 0.25) is 11.8 Å². The van der Waals surface area contributed by atoms with Gasteiger partial charge in [-0.05, 0) is 28.4 Å². The summed E-state index contributed by atoms with van der Waals surface area (Å²) in [5, 5.41) is 3.09. The van der Waals surface area contributed by atoms with Crippen LogP contribution in [0.3, 0.4) is 0 Å². The monoisotopic (exact) mass is 312 g/mol. The zero-order valence-electron chi connectivity index (χ0n) is 10.1. The number of nitrogens with one attached hydrogen (secondary N) is 1. The zero-order valence-corrected chi connectivity index (χ0v) is 11.7. The summed E-state index contributed by atoms with van der Waals surface area (Å²) < 4.78 is 11.2. The van der Waals surface area contributed by atoms with Crippen molar-refractivity contribution in [2.75, 3.05) is 19.0 Å². The van der Waals surface area contributed by atoms with E-state index >= 15 is 0 Å². The molecule has 0 aliphatic rings. The van der Waals surface area contributed by atoms with Gasteiger partial charge in [-0.1, -0.05) is 6.92 Å². The maximum Gasteiger partial charge on any atom is 0.321 e. The van der Waals surface area contributed by atoms with E-state index in [-0.39, 0.29) is 6.01 Å². The fourth-order valence-electron chi connectivity index (χ4n) is 1.32. The summed E-state index contributed by atoms with van der Waals surface area (Å²) in [4.78, 5) is 12.6. The Bertz CT molecular complexity index is 530. The van der Waals surface area contributed by atoms with Crippen LogP contribution in [0.2, 0.25) is 0 Å². The highest BCUT2D eigenvalue weighted by Crippen LogP contribution is 2.27. The molecule has 0 atom stereocenters. The van der Waals surface area contributed by atoms with Crippen molar-refractivity contribution in [2.24, 2.45) is 0 Å². The van der Waals surface area contributed by atoms with Crippen LogP contribution >= 0.6 is 15.9 Å². The van der Waals surface area contributed by atoms with Crippen LogP contribution in [0, 0.1) is 0 Å². The van der Waals surface area contributed by atoms with Crippen molar-refractivity contribution >= 4 is 21.9 Å². The quantitative estimate of drug-likeness (QED) is 0.915. The van der Waals surface area contributed by atoms with Gasteiger partial charge in [-0.25, -0.2) is 0 Å². The predicted molar refractivity (Wildman–Crippen MR) is 70.6 cm³/mol. The molecule has 6 nitrogen and oxygen atoms in total. The molecule has 1 N–H and O–H groups in total. The maximum atomic E-state index is 5.33. The van der Waals surface area contributed by atoms with Crippen LogP contribution in [0.1, 0.15) is 13.3 Å². The minimum absolute atomic E-state index is 0.252. The van der Waals surface area contributed by atoms with Gasteiger partial charge in [-0.3, -0.25) is 0 Å². The van der Waals surface area contributed by atoms with Crippen molar-refractivity contribution in [3.05, 3.63) is 16.8 Å². The lowest BCUT2D eigenvalue weighted by Crippen LogP contribution is -2.07. The Morgan fingerprint density at radius 3 is 2.83 bits per heavy atom. The molecule has 2 heterocycles. The molecule has 18 heavy (non-hydrogen) atoms. The summed E-state index contributed by atoms with van der Waals surface area (Å²) in [5.41, 5.74) is 0. The summed E-state index contributed by atoms with van der Waals surface area (Å²) in [7, 11) is 1.51. The van der Waals surface area contributed by atoms with Crippen molar-refractivity contribution in [1.82, 2.24) is 15.0 Å². The fraction of sp³-hybridized carbons (Fsp3) is 0.364. The molecule has 2 aromatic rings. The van der Waals surface area contributed by atoms with Gasteiger partial charge in [0.15, 0.2) is 5.76 Å². The molecule has 0 fully saturated rings. The standard InChI is InChI=1S/C11H13BrN4O2/c1-3-5-13-10-14-9(15-11(16-10)17-2)8-7(12)4-6-18-8/h4,6H,3,5H2,1-2H3,(H,13,14,15,16).